The lowest BCUT2D eigenvalue weighted by molar-refractivity contribution is -0.116. The Morgan fingerprint density at radius 2 is 2.00 bits per heavy atom. The van der Waals surface area contributed by atoms with E-state index < -0.39 is 0 Å². The summed E-state index contributed by atoms with van der Waals surface area (Å²) < 4.78 is 5.66. The van der Waals surface area contributed by atoms with Crippen LogP contribution in [0.2, 0.25) is 5.02 Å². The smallest absolute Gasteiger partial charge is 0.277 e. The average molecular weight is 418 g/mol. The summed E-state index contributed by atoms with van der Waals surface area (Å²) in [7, 11) is 0. The molecule has 1 aliphatic rings. The Morgan fingerprint density at radius 1 is 1.19 bits per heavy atom. The molecule has 1 aliphatic heterocycles. The van der Waals surface area contributed by atoms with E-state index >= 15 is 0 Å². The lowest BCUT2D eigenvalue weighted by Crippen LogP contribution is -2.33. The first-order valence-electron chi connectivity index (χ1n) is 8.45. The van der Waals surface area contributed by atoms with Crippen molar-refractivity contribution in [3.63, 3.8) is 0 Å². The molecule has 0 unspecified atom stereocenters. The molecule has 0 spiro atoms. The minimum atomic E-state index is 0.0428. The highest BCUT2D eigenvalue weighted by atomic mass is 35.5. The minimum absolute atomic E-state index is 0.0428. The second-order valence-corrected chi connectivity index (χ2v) is 8.38. The van der Waals surface area contributed by atoms with Crippen LogP contribution in [0.4, 0.5) is 5.69 Å². The number of thioether (sulfide) groups is 2. The number of hydrogen-bond donors (Lipinski definition) is 0. The van der Waals surface area contributed by atoms with Gasteiger partial charge in [0.25, 0.3) is 5.22 Å². The Kier molecular flexibility index (Phi) is 5.71. The molecule has 1 amide bonds. The molecule has 1 aromatic heterocycles. The van der Waals surface area contributed by atoms with Gasteiger partial charge in [-0.15, -0.1) is 22.0 Å². The van der Waals surface area contributed by atoms with E-state index in [9.17, 15) is 4.79 Å². The zero-order chi connectivity index (χ0) is 18.6. The first-order valence-corrected chi connectivity index (χ1v) is 10.8. The molecule has 0 aliphatic carbocycles. The van der Waals surface area contributed by atoms with Crippen LogP contribution in [0.25, 0.3) is 11.5 Å². The van der Waals surface area contributed by atoms with Gasteiger partial charge in [-0.25, -0.2) is 0 Å². The van der Waals surface area contributed by atoms with Gasteiger partial charge in [-0.1, -0.05) is 35.5 Å². The van der Waals surface area contributed by atoms with Crippen molar-refractivity contribution < 1.29 is 9.21 Å². The van der Waals surface area contributed by atoms with Crippen LogP contribution in [0, 0.1) is 0 Å². The van der Waals surface area contributed by atoms with Gasteiger partial charge < -0.3 is 9.32 Å². The van der Waals surface area contributed by atoms with Gasteiger partial charge in [-0.05, 0) is 48.6 Å². The van der Waals surface area contributed by atoms with Crippen LogP contribution in [0.1, 0.15) is 6.42 Å². The average Bonchev–Trinajstić information content (AvgIpc) is 3.06. The van der Waals surface area contributed by atoms with Crippen molar-refractivity contribution >= 4 is 46.7 Å². The number of amides is 1. The Balaban J connectivity index is 1.43. The number of carbonyl (C=O) groups is 1. The molecule has 0 radical (unpaired) electrons. The maximum absolute atomic E-state index is 12.8. The van der Waals surface area contributed by atoms with Crippen LogP contribution in [-0.4, -0.2) is 34.2 Å². The van der Waals surface area contributed by atoms with Crippen LogP contribution in [0.15, 0.2) is 63.1 Å². The van der Waals surface area contributed by atoms with Crippen LogP contribution < -0.4 is 4.90 Å². The number of fused-ring (bicyclic) bond motifs is 1. The van der Waals surface area contributed by atoms with Gasteiger partial charge in [0.05, 0.1) is 11.4 Å². The molecular formula is C19H16ClN3O2S2. The van der Waals surface area contributed by atoms with E-state index in [1.165, 1.54) is 11.8 Å². The van der Waals surface area contributed by atoms with E-state index in [2.05, 4.69) is 16.3 Å². The first kappa shape index (κ1) is 18.4. The summed E-state index contributed by atoms with van der Waals surface area (Å²) in [5, 5.41) is 9.11. The van der Waals surface area contributed by atoms with Gasteiger partial charge in [0.2, 0.25) is 11.8 Å². The van der Waals surface area contributed by atoms with E-state index in [1.54, 1.807) is 23.9 Å². The van der Waals surface area contributed by atoms with E-state index in [4.69, 9.17) is 16.0 Å². The van der Waals surface area contributed by atoms with Crippen LogP contribution >= 0.6 is 35.1 Å². The monoisotopic (exact) mass is 417 g/mol. The third kappa shape index (κ3) is 4.31. The number of rotatable bonds is 4. The number of carbonyl (C=O) groups excluding carboxylic acids is 1. The van der Waals surface area contributed by atoms with Gasteiger partial charge in [-0.3, -0.25) is 4.79 Å². The van der Waals surface area contributed by atoms with Gasteiger partial charge in [-0.2, -0.15) is 0 Å². The van der Waals surface area contributed by atoms with E-state index in [-0.39, 0.29) is 11.7 Å². The Morgan fingerprint density at radius 3 is 2.85 bits per heavy atom. The molecule has 0 saturated carbocycles. The zero-order valence-electron chi connectivity index (χ0n) is 14.3. The fraction of sp³-hybridized carbons (Fsp3) is 0.211. The van der Waals surface area contributed by atoms with E-state index in [0.29, 0.717) is 16.1 Å². The van der Waals surface area contributed by atoms with Crippen molar-refractivity contribution in [3.05, 3.63) is 53.6 Å². The van der Waals surface area contributed by atoms with Gasteiger partial charge >= 0.3 is 0 Å². The lowest BCUT2D eigenvalue weighted by atomic mass is 10.2. The van der Waals surface area contributed by atoms with Crippen molar-refractivity contribution in [2.75, 3.05) is 23.0 Å². The summed E-state index contributed by atoms with van der Waals surface area (Å²) >= 11 is 8.95. The van der Waals surface area contributed by atoms with Crippen LogP contribution in [0.3, 0.4) is 0 Å². The number of anilines is 1. The van der Waals surface area contributed by atoms with Crippen molar-refractivity contribution in [2.24, 2.45) is 0 Å². The highest BCUT2D eigenvalue weighted by molar-refractivity contribution is 7.99. The SMILES string of the molecule is O=C(CSc1nnc(-c2ccc(Cl)cc2)o1)N1CCCSc2ccccc21. The molecular weight excluding hydrogens is 402 g/mol. The highest BCUT2D eigenvalue weighted by Crippen LogP contribution is 2.34. The van der Waals surface area contributed by atoms with E-state index in [0.717, 1.165) is 34.9 Å². The minimum Gasteiger partial charge on any atom is -0.411 e. The molecule has 5 nitrogen and oxygen atoms in total. The summed E-state index contributed by atoms with van der Waals surface area (Å²) in [5.41, 5.74) is 1.78. The second-order valence-electron chi connectivity index (χ2n) is 5.88. The molecule has 27 heavy (non-hydrogen) atoms. The quantitative estimate of drug-likeness (QED) is 0.556. The summed E-state index contributed by atoms with van der Waals surface area (Å²) in [6, 6.07) is 15.2. The summed E-state index contributed by atoms with van der Waals surface area (Å²) in [6.07, 6.45) is 0.969. The topological polar surface area (TPSA) is 59.2 Å². The number of benzene rings is 2. The molecule has 0 atom stereocenters. The van der Waals surface area contributed by atoms with Gasteiger partial charge in [0.15, 0.2) is 0 Å². The predicted molar refractivity (Wildman–Crippen MR) is 110 cm³/mol. The van der Waals surface area contributed by atoms with Crippen LogP contribution in [0.5, 0.6) is 0 Å². The molecule has 0 fully saturated rings. The number of halogens is 1. The van der Waals surface area contributed by atoms with Gasteiger partial charge in [0, 0.05) is 22.0 Å². The first-order chi connectivity index (χ1) is 13.2. The molecule has 2 heterocycles. The lowest BCUT2D eigenvalue weighted by Gasteiger charge is -2.22. The van der Waals surface area contributed by atoms with Crippen LogP contribution in [-0.2, 0) is 4.79 Å². The highest BCUT2D eigenvalue weighted by Gasteiger charge is 2.22. The number of aromatic nitrogens is 2. The largest absolute Gasteiger partial charge is 0.411 e. The molecule has 0 saturated heterocycles. The fourth-order valence-electron chi connectivity index (χ4n) is 2.77. The van der Waals surface area contributed by atoms with E-state index in [1.807, 2.05) is 35.2 Å². The number of hydrogen-bond acceptors (Lipinski definition) is 6. The number of para-hydroxylation sites is 1. The Hall–Kier alpha value is -1.96. The third-order valence-electron chi connectivity index (χ3n) is 4.06. The molecule has 4 rings (SSSR count). The maximum Gasteiger partial charge on any atom is 0.277 e. The van der Waals surface area contributed by atoms with Gasteiger partial charge in [0.1, 0.15) is 0 Å². The van der Waals surface area contributed by atoms with Crippen molar-refractivity contribution in [2.45, 2.75) is 16.5 Å². The van der Waals surface area contributed by atoms with Crippen molar-refractivity contribution in [1.82, 2.24) is 10.2 Å². The normalized spacial score (nSPS) is 13.9. The Labute approximate surface area is 170 Å². The molecule has 138 valence electrons. The summed E-state index contributed by atoms with van der Waals surface area (Å²) in [6.45, 7) is 0.725. The Bertz CT molecular complexity index is 946. The molecule has 0 bridgehead atoms. The maximum atomic E-state index is 12.8. The number of nitrogens with zero attached hydrogens (tertiary/aromatic N) is 3. The van der Waals surface area contributed by atoms with Crippen molar-refractivity contribution in [3.8, 4) is 11.5 Å². The van der Waals surface area contributed by atoms with Crippen molar-refractivity contribution in [1.29, 1.82) is 0 Å². The molecule has 8 heteroatoms. The summed E-state index contributed by atoms with van der Waals surface area (Å²) in [4.78, 5) is 15.8. The molecule has 3 aromatic rings. The second kappa shape index (κ2) is 8.37. The zero-order valence-corrected chi connectivity index (χ0v) is 16.7. The molecule has 2 aromatic carbocycles. The fourth-order valence-corrected chi connectivity index (χ4v) is 4.52. The third-order valence-corrected chi connectivity index (χ3v) is 6.26. The standard InChI is InChI=1S/C19H16ClN3O2S2/c20-14-8-6-13(7-9-14)18-21-22-19(25-18)27-12-17(24)23-10-3-11-26-16-5-2-1-4-15(16)23/h1-2,4-9H,3,10-12H2. The predicted octanol–water partition coefficient (Wildman–Crippen LogP) is 5.01. The molecule has 0 N–H and O–H groups in total. The summed E-state index contributed by atoms with van der Waals surface area (Å²) in [5.74, 6) is 1.72.